The summed E-state index contributed by atoms with van der Waals surface area (Å²) in [6.07, 6.45) is 1.25. The highest BCUT2D eigenvalue weighted by atomic mass is 16.5. The van der Waals surface area contributed by atoms with Gasteiger partial charge in [0, 0.05) is 45.1 Å². The number of methoxy groups -OCH3 is 2. The summed E-state index contributed by atoms with van der Waals surface area (Å²) in [5.74, 6) is 1.71. The lowest BCUT2D eigenvalue weighted by Crippen LogP contribution is -2.42. The van der Waals surface area contributed by atoms with E-state index in [1.807, 2.05) is 36.9 Å². The Bertz CT molecular complexity index is 646. The Morgan fingerprint density at radius 2 is 1.93 bits per heavy atom. The van der Waals surface area contributed by atoms with Crippen molar-refractivity contribution < 1.29 is 19.1 Å². The number of urea groups is 1. The number of hydrogen-bond acceptors (Lipinski definition) is 4. The molecule has 1 aromatic carbocycles. The standard InChI is InChI=1S/C20H31N3O4/c1-5-22(6-2)20(25)21-13-16-12-19(24)23(14-16)10-9-15-7-8-17(26-3)18(11-15)27-4/h7-8,11,16H,5-6,9-10,12-14H2,1-4H3,(H,21,25). The van der Waals surface area contributed by atoms with Crippen molar-refractivity contribution in [1.82, 2.24) is 15.1 Å². The SMILES string of the molecule is CCN(CC)C(=O)NCC1CC(=O)N(CCc2ccc(OC)c(OC)c2)C1. The van der Waals surface area contributed by atoms with Crippen LogP contribution < -0.4 is 14.8 Å². The molecule has 27 heavy (non-hydrogen) atoms. The van der Waals surface area contributed by atoms with Gasteiger partial charge in [0.15, 0.2) is 11.5 Å². The van der Waals surface area contributed by atoms with Crippen molar-refractivity contribution in [2.24, 2.45) is 5.92 Å². The lowest BCUT2D eigenvalue weighted by Gasteiger charge is -2.21. The normalized spacial score (nSPS) is 16.4. The summed E-state index contributed by atoms with van der Waals surface area (Å²) in [6.45, 7) is 7.16. The van der Waals surface area contributed by atoms with Gasteiger partial charge in [-0.1, -0.05) is 6.07 Å². The molecule has 2 rings (SSSR count). The summed E-state index contributed by atoms with van der Waals surface area (Å²) >= 11 is 0. The Balaban J connectivity index is 1.83. The topological polar surface area (TPSA) is 71.1 Å². The van der Waals surface area contributed by atoms with E-state index >= 15 is 0 Å². The van der Waals surface area contributed by atoms with E-state index < -0.39 is 0 Å². The molecule has 3 amide bonds. The van der Waals surface area contributed by atoms with Gasteiger partial charge >= 0.3 is 6.03 Å². The molecule has 1 aromatic rings. The molecule has 0 aromatic heterocycles. The molecule has 0 spiro atoms. The van der Waals surface area contributed by atoms with E-state index in [9.17, 15) is 9.59 Å². The number of amides is 3. The van der Waals surface area contributed by atoms with E-state index in [2.05, 4.69) is 5.32 Å². The predicted molar refractivity (Wildman–Crippen MR) is 104 cm³/mol. The Morgan fingerprint density at radius 1 is 1.22 bits per heavy atom. The van der Waals surface area contributed by atoms with Crippen LogP contribution in [0.2, 0.25) is 0 Å². The highest BCUT2D eigenvalue weighted by molar-refractivity contribution is 5.79. The van der Waals surface area contributed by atoms with E-state index in [1.54, 1.807) is 19.1 Å². The lowest BCUT2D eigenvalue weighted by molar-refractivity contribution is -0.127. The second kappa shape index (κ2) is 10.0. The smallest absolute Gasteiger partial charge is 0.317 e. The summed E-state index contributed by atoms with van der Waals surface area (Å²) in [5.41, 5.74) is 1.10. The summed E-state index contributed by atoms with van der Waals surface area (Å²) in [5, 5.41) is 2.95. The molecule has 1 N–H and O–H groups in total. The first-order chi connectivity index (χ1) is 13.0. The molecule has 1 aliphatic heterocycles. The molecule has 0 radical (unpaired) electrons. The van der Waals surface area contributed by atoms with E-state index in [1.165, 1.54) is 0 Å². The molecule has 1 unspecified atom stereocenters. The molecule has 0 saturated carbocycles. The second-order valence-corrected chi connectivity index (χ2v) is 6.71. The number of likely N-dealkylation sites (tertiary alicyclic amines) is 1. The number of ether oxygens (including phenoxy) is 2. The summed E-state index contributed by atoms with van der Waals surface area (Å²) < 4.78 is 10.6. The largest absolute Gasteiger partial charge is 0.493 e. The molecule has 1 atom stereocenters. The highest BCUT2D eigenvalue weighted by Gasteiger charge is 2.29. The van der Waals surface area contributed by atoms with Crippen molar-refractivity contribution in [1.29, 1.82) is 0 Å². The fraction of sp³-hybridized carbons (Fsp3) is 0.600. The summed E-state index contributed by atoms with van der Waals surface area (Å²) in [6, 6.07) is 5.76. The molecule has 0 aliphatic carbocycles. The van der Waals surface area contributed by atoms with Crippen LogP contribution in [-0.2, 0) is 11.2 Å². The number of carbonyl (C=O) groups is 2. The van der Waals surface area contributed by atoms with Crippen molar-refractivity contribution in [3.05, 3.63) is 23.8 Å². The minimum Gasteiger partial charge on any atom is -0.493 e. The number of rotatable bonds is 9. The maximum atomic E-state index is 12.3. The number of hydrogen-bond donors (Lipinski definition) is 1. The van der Waals surface area contributed by atoms with Crippen LogP contribution in [0.25, 0.3) is 0 Å². The zero-order valence-electron chi connectivity index (χ0n) is 16.8. The van der Waals surface area contributed by atoms with Crippen LogP contribution in [0.3, 0.4) is 0 Å². The Kier molecular flexibility index (Phi) is 7.76. The van der Waals surface area contributed by atoms with Gasteiger partial charge in [0.25, 0.3) is 0 Å². The van der Waals surface area contributed by atoms with Crippen molar-refractivity contribution in [3.8, 4) is 11.5 Å². The molecule has 7 nitrogen and oxygen atoms in total. The summed E-state index contributed by atoms with van der Waals surface area (Å²) in [4.78, 5) is 27.9. The van der Waals surface area contributed by atoms with Gasteiger partial charge in [0.1, 0.15) is 0 Å². The second-order valence-electron chi connectivity index (χ2n) is 6.71. The van der Waals surface area contributed by atoms with E-state index in [0.29, 0.717) is 50.6 Å². The molecule has 1 heterocycles. The highest BCUT2D eigenvalue weighted by Crippen LogP contribution is 2.28. The third-order valence-corrected chi connectivity index (χ3v) is 5.01. The zero-order valence-corrected chi connectivity index (χ0v) is 16.8. The van der Waals surface area contributed by atoms with Crippen molar-refractivity contribution in [3.63, 3.8) is 0 Å². The quantitative estimate of drug-likeness (QED) is 0.716. The van der Waals surface area contributed by atoms with Gasteiger partial charge in [-0.2, -0.15) is 0 Å². The third-order valence-electron chi connectivity index (χ3n) is 5.01. The Labute approximate surface area is 161 Å². The number of benzene rings is 1. The Hall–Kier alpha value is -2.44. The average molecular weight is 377 g/mol. The number of carbonyl (C=O) groups excluding carboxylic acids is 2. The van der Waals surface area contributed by atoms with Gasteiger partial charge in [-0.15, -0.1) is 0 Å². The molecule has 150 valence electrons. The van der Waals surface area contributed by atoms with Crippen LogP contribution in [0.5, 0.6) is 11.5 Å². The first-order valence-electron chi connectivity index (χ1n) is 9.53. The van der Waals surface area contributed by atoms with Crippen LogP contribution >= 0.6 is 0 Å². The van der Waals surface area contributed by atoms with Gasteiger partial charge in [0.05, 0.1) is 14.2 Å². The molecule has 7 heteroatoms. The maximum absolute atomic E-state index is 12.3. The van der Waals surface area contributed by atoms with Gasteiger partial charge in [-0.05, 0) is 38.0 Å². The van der Waals surface area contributed by atoms with Crippen LogP contribution in [0, 0.1) is 5.92 Å². The molecule has 0 bridgehead atoms. The third kappa shape index (κ3) is 5.52. The first kappa shape index (κ1) is 20.9. The van der Waals surface area contributed by atoms with Crippen LogP contribution in [-0.4, -0.2) is 68.7 Å². The van der Waals surface area contributed by atoms with Gasteiger partial charge < -0.3 is 24.6 Å². The lowest BCUT2D eigenvalue weighted by atomic mass is 10.1. The van der Waals surface area contributed by atoms with Crippen LogP contribution in [0.1, 0.15) is 25.8 Å². The monoisotopic (exact) mass is 377 g/mol. The van der Waals surface area contributed by atoms with Gasteiger partial charge in [-0.3, -0.25) is 4.79 Å². The minimum atomic E-state index is -0.0590. The van der Waals surface area contributed by atoms with Crippen molar-refractivity contribution in [2.75, 3.05) is 46.9 Å². The van der Waals surface area contributed by atoms with E-state index in [-0.39, 0.29) is 17.9 Å². The van der Waals surface area contributed by atoms with E-state index in [4.69, 9.17) is 9.47 Å². The fourth-order valence-corrected chi connectivity index (χ4v) is 3.36. The van der Waals surface area contributed by atoms with E-state index in [0.717, 1.165) is 12.0 Å². The maximum Gasteiger partial charge on any atom is 0.317 e. The molecule has 1 aliphatic rings. The van der Waals surface area contributed by atoms with Gasteiger partial charge in [-0.25, -0.2) is 4.79 Å². The molecule has 1 saturated heterocycles. The van der Waals surface area contributed by atoms with Crippen LogP contribution in [0.4, 0.5) is 4.79 Å². The molecule has 1 fully saturated rings. The predicted octanol–water partition coefficient (Wildman–Crippen LogP) is 2.15. The number of nitrogens with one attached hydrogen (secondary N) is 1. The van der Waals surface area contributed by atoms with Gasteiger partial charge in [0.2, 0.25) is 5.91 Å². The Morgan fingerprint density at radius 3 is 2.56 bits per heavy atom. The number of nitrogens with zero attached hydrogens (tertiary/aromatic N) is 2. The average Bonchev–Trinajstić information content (AvgIpc) is 3.05. The zero-order chi connectivity index (χ0) is 19.8. The minimum absolute atomic E-state index is 0.0590. The molecular formula is C20H31N3O4. The van der Waals surface area contributed by atoms with Crippen molar-refractivity contribution >= 4 is 11.9 Å². The fourth-order valence-electron chi connectivity index (χ4n) is 3.36. The van der Waals surface area contributed by atoms with Crippen LogP contribution in [0.15, 0.2) is 18.2 Å². The molecular weight excluding hydrogens is 346 g/mol. The summed E-state index contributed by atoms with van der Waals surface area (Å²) in [7, 11) is 3.22. The van der Waals surface area contributed by atoms with Crippen molar-refractivity contribution in [2.45, 2.75) is 26.7 Å². The first-order valence-corrected chi connectivity index (χ1v) is 9.53.